The van der Waals surface area contributed by atoms with Crippen molar-refractivity contribution < 1.29 is 14.4 Å². The summed E-state index contributed by atoms with van der Waals surface area (Å²) >= 11 is 0. The molecule has 0 bridgehead atoms. The Hall–Kier alpha value is -2.63. The van der Waals surface area contributed by atoms with Gasteiger partial charge in [-0.25, -0.2) is 0 Å². The predicted octanol–water partition coefficient (Wildman–Crippen LogP) is 1.59. The fraction of sp³-hybridized carbons (Fsp3) is 0.450. The second kappa shape index (κ2) is 9.17. The topological polar surface area (TPSA) is 60.9 Å². The first-order chi connectivity index (χ1) is 12.4. The third-order valence-electron chi connectivity index (χ3n) is 4.65. The molecule has 1 aliphatic rings. The largest absolute Gasteiger partial charge is 0.339 e. The van der Waals surface area contributed by atoms with E-state index in [0.717, 1.165) is 11.1 Å². The zero-order chi connectivity index (χ0) is 19.1. The van der Waals surface area contributed by atoms with E-state index in [1.807, 2.05) is 31.2 Å². The molecule has 1 aliphatic heterocycles. The van der Waals surface area contributed by atoms with Crippen LogP contribution < -0.4 is 0 Å². The Kier molecular flexibility index (Phi) is 6.95. The molecule has 6 nitrogen and oxygen atoms in total. The van der Waals surface area contributed by atoms with Gasteiger partial charge in [-0.1, -0.05) is 36.4 Å². The number of carbonyl (C=O) groups is 3. The van der Waals surface area contributed by atoms with Crippen LogP contribution in [0.3, 0.4) is 0 Å². The minimum atomic E-state index is -0.181. The molecule has 0 N–H and O–H groups in total. The summed E-state index contributed by atoms with van der Waals surface area (Å²) in [5.41, 5.74) is 2.18. The van der Waals surface area contributed by atoms with Crippen LogP contribution in [-0.2, 0) is 20.9 Å². The van der Waals surface area contributed by atoms with Crippen molar-refractivity contribution in [1.29, 1.82) is 0 Å². The van der Waals surface area contributed by atoms with E-state index in [2.05, 4.69) is 6.58 Å². The van der Waals surface area contributed by atoms with Gasteiger partial charge in [-0.05, 0) is 18.6 Å². The minimum Gasteiger partial charge on any atom is -0.339 e. The van der Waals surface area contributed by atoms with Crippen LogP contribution in [0.2, 0.25) is 0 Å². The summed E-state index contributed by atoms with van der Waals surface area (Å²) in [6, 6.07) is 7.99. The van der Waals surface area contributed by atoms with Gasteiger partial charge in [0.05, 0.1) is 0 Å². The normalized spacial score (nSPS) is 14.1. The lowest BCUT2D eigenvalue weighted by molar-refractivity contribution is -0.139. The van der Waals surface area contributed by atoms with E-state index in [-0.39, 0.29) is 24.1 Å². The van der Waals surface area contributed by atoms with Crippen LogP contribution in [-0.4, -0.2) is 65.1 Å². The molecule has 2 rings (SSSR count). The van der Waals surface area contributed by atoms with Crippen LogP contribution >= 0.6 is 0 Å². The maximum atomic E-state index is 12.4. The molecule has 1 saturated heterocycles. The zero-order valence-electron chi connectivity index (χ0n) is 15.6. The molecule has 26 heavy (non-hydrogen) atoms. The second-order valence-corrected chi connectivity index (χ2v) is 6.59. The lowest BCUT2D eigenvalue weighted by Crippen LogP contribution is -2.50. The van der Waals surface area contributed by atoms with Crippen molar-refractivity contribution in [2.75, 3.05) is 32.7 Å². The van der Waals surface area contributed by atoms with Crippen molar-refractivity contribution in [2.45, 2.75) is 26.8 Å². The second-order valence-electron chi connectivity index (χ2n) is 6.59. The molecule has 0 radical (unpaired) electrons. The summed E-state index contributed by atoms with van der Waals surface area (Å²) in [6.07, 6.45) is 1.55. The maximum absolute atomic E-state index is 12.4. The van der Waals surface area contributed by atoms with Gasteiger partial charge in [0.1, 0.15) is 0 Å². The molecule has 0 spiro atoms. The lowest BCUT2D eigenvalue weighted by Gasteiger charge is -2.34. The number of benzene rings is 1. The van der Waals surface area contributed by atoms with Crippen molar-refractivity contribution in [2.24, 2.45) is 0 Å². The van der Waals surface area contributed by atoms with E-state index in [9.17, 15) is 14.4 Å². The van der Waals surface area contributed by atoms with Gasteiger partial charge in [0.15, 0.2) is 0 Å². The molecule has 1 fully saturated rings. The van der Waals surface area contributed by atoms with E-state index in [1.54, 1.807) is 21.6 Å². The number of aryl methyl sites for hydroxylation is 1. The Labute approximate surface area is 155 Å². The van der Waals surface area contributed by atoms with E-state index < -0.39 is 0 Å². The highest BCUT2D eigenvalue weighted by Gasteiger charge is 2.23. The highest BCUT2D eigenvalue weighted by atomic mass is 16.2. The van der Waals surface area contributed by atoms with Gasteiger partial charge >= 0.3 is 0 Å². The van der Waals surface area contributed by atoms with Crippen molar-refractivity contribution in [3.05, 3.63) is 48.0 Å². The Morgan fingerprint density at radius 2 is 1.65 bits per heavy atom. The summed E-state index contributed by atoms with van der Waals surface area (Å²) in [7, 11) is 0. The van der Waals surface area contributed by atoms with Gasteiger partial charge in [-0.2, -0.15) is 0 Å². The average Bonchev–Trinajstić information content (AvgIpc) is 2.65. The van der Waals surface area contributed by atoms with Crippen molar-refractivity contribution >= 4 is 17.7 Å². The number of amides is 3. The summed E-state index contributed by atoms with van der Waals surface area (Å²) in [4.78, 5) is 41.1. The Morgan fingerprint density at radius 1 is 1.08 bits per heavy atom. The van der Waals surface area contributed by atoms with Crippen LogP contribution in [0.4, 0.5) is 0 Å². The van der Waals surface area contributed by atoms with Gasteiger partial charge in [0, 0.05) is 52.6 Å². The smallest absolute Gasteiger partial charge is 0.246 e. The van der Waals surface area contributed by atoms with Crippen LogP contribution in [0, 0.1) is 6.92 Å². The third-order valence-corrected chi connectivity index (χ3v) is 4.65. The van der Waals surface area contributed by atoms with Crippen LogP contribution in [0.5, 0.6) is 0 Å². The fourth-order valence-electron chi connectivity index (χ4n) is 2.97. The molecule has 1 aromatic rings. The van der Waals surface area contributed by atoms with Gasteiger partial charge in [-0.3, -0.25) is 14.4 Å². The van der Waals surface area contributed by atoms with E-state index >= 15 is 0 Å². The Morgan fingerprint density at radius 3 is 2.19 bits per heavy atom. The summed E-state index contributed by atoms with van der Waals surface area (Å²) < 4.78 is 0. The fourth-order valence-corrected chi connectivity index (χ4v) is 2.97. The standard InChI is InChI=1S/C20H27N3O3/c1-4-19(25)23(15-18-7-5-16(2)6-8-18)10-9-20(26)22-13-11-21(12-14-22)17(3)24/h4-8H,1,9-15H2,2-3H3. The van der Waals surface area contributed by atoms with Gasteiger partial charge in [0.25, 0.3) is 0 Å². The van der Waals surface area contributed by atoms with E-state index in [1.165, 1.54) is 6.08 Å². The molecule has 0 aromatic heterocycles. The molecule has 0 aliphatic carbocycles. The summed E-state index contributed by atoms with van der Waals surface area (Å²) in [6.45, 7) is 10.2. The molecule has 6 heteroatoms. The Balaban J connectivity index is 1.89. The van der Waals surface area contributed by atoms with Crippen LogP contribution in [0.25, 0.3) is 0 Å². The number of rotatable bonds is 6. The first-order valence-corrected chi connectivity index (χ1v) is 8.91. The molecule has 0 saturated carbocycles. The van der Waals surface area contributed by atoms with Gasteiger partial charge in [0.2, 0.25) is 17.7 Å². The first-order valence-electron chi connectivity index (χ1n) is 8.91. The lowest BCUT2D eigenvalue weighted by atomic mass is 10.1. The van der Waals surface area contributed by atoms with Crippen molar-refractivity contribution in [3.63, 3.8) is 0 Å². The molecule has 3 amide bonds. The predicted molar refractivity (Wildman–Crippen MR) is 100 cm³/mol. The van der Waals surface area contributed by atoms with Crippen molar-refractivity contribution in [1.82, 2.24) is 14.7 Å². The first kappa shape index (κ1) is 19.7. The third kappa shape index (κ3) is 5.44. The van der Waals surface area contributed by atoms with E-state index in [0.29, 0.717) is 39.3 Å². The number of hydrogen-bond donors (Lipinski definition) is 0. The highest BCUT2D eigenvalue weighted by Crippen LogP contribution is 2.10. The van der Waals surface area contributed by atoms with Crippen molar-refractivity contribution in [3.8, 4) is 0 Å². The van der Waals surface area contributed by atoms with Crippen LogP contribution in [0.15, 0.2) is 36.9 Å². The van der Waals surface area contributed by atoms with Crippen LogP contribution in [0.1, 0.15) is 24.5 Å². The molecule has 0 unspecified atom stereocenters. The summed E-state index contributed by atoms with van der Waals surface area (Å²) in [5, 5.41) is 0. The van der Waals surface area contributed by atoms with Gasteiger partial charge in [-0.15, -0.1) is 0 Å². The van der Waals surface area contributed by atoms with E-state index in [4.69, 9.17) is 0 Å². The number of carbonyl (C=O) groups excluding carboxylic acids is 3. The minimum absolute atomic E-state index is 0.0129. The molecule has 1 aromatic carbocycles. The maximum Gasteiger partial charge on any atom is 0.246 e. The number of nitrogens with zero attached hydrogens (tertiary/aromatic N) is 3. The quantitative estimate of drug-likeness (QED) is 0.727. The van der Waals surface area contributed by atoms with Gasteiger partial charge < -0.3 is 14.7 Å². The molecule has 0 atom stereocenters. The molecule has 1 heterocycles. The zero-order valence-corrected chi connectivity index (χ0v) is 15.6. The molecule has 140 valence electrons. The summed E-state index contributed by atoms with van der Waals surface area (Å²) in [5.74, 6) is -0.128. The number of piperazine rings is 1. The molecular formula is C20H27N3O3. The highest BCUT2D eigenvalue weighted by molar-refractivity contribution is 5.87. The SMILES string of the molecule is C=CC(=O)N(CCC(=O)N1CCN(C(C)=O)CC1)Cc1ccc(C)cc1. The average molecular weight is 357 g/mol. The molecular weight excluding hydrogens is 330 g/mol. The Bertz CT molecular complexity index is 661. The number of hydrogen-bond acceptors (Lipinski definition) is 3. The monoisotopic (exact) mass is 357 g/mol.